The highest BCUT2D eigenvalue weighted by atomic mass is 35.5. The molecule has 3 aromatic carbocycles. The highest BCUT2D eigenvalue weighted by molar-refractivity contribution is 6.30. The van der Waals surface area contributed by atoms with Gasteiger partial charge < -0.3 is 15.6 Å². The van der Waals surface area contributed by atoms with E-state index in [0.717, 1.165) is 37.1 Å². The molecule has 0 saturated carbocycles. The number of benzene rings is 3. The molecule has 0 aromatic heterocycles. The summed E-state index contributed by atoms with van der Waals surface area (Å²) in [5.41, 5.74) is 6.89. The summed E-state index contributed by atoms with van der Waals surface area (Å²) in [6.07, 6.45) is 2.23. The van der Waals surface area contributed by atoms with E-state index < -0.39 is 5.41 Å². The number of hydrogen-bond donors (Lipinski definition) is 2. The predicted octanol–water partition coefficient (Wildman–Crippen LogP) is 5.53. The second-order valence-electron chi connectivity index (χ2n) is 9.93. The SMILES string of the molecule is CC(C)(CCC(C(N)=O)(c1ccccc1)c1ccccc1)N1CCC(Oc2cc(O)cc(Cl)c2)C1. The van der Waals surface area contributed by atoms with E-state index in [1.54, 1.807) is 12.1 Å². The average molecular weight is 493 g/mol. The Hall–Kier alpha value is -3.02. The first kappa shape index (κ1) is 25.1. The lowest BCUT2D eigenvalue weighted by atomic mass is 9.69. The zero-order valence-corrected chi connectivity index (χ0v) is 21.0. The number of phenols is 1. The summed E-state index contributed by atoms with van der Waals surface area (Å²) in [6.45, 7) is 6.05. The van der Waals surface area contributed by atoms with Crippen LogP contribution in [-0.2, 0) is 10.2 Å². The minimum Gasteiger partial charge on any atom is -0.508 e. The monoisotopic (exact) mass is 492 g/mol. The van der Waals surface area contributed by atoms with Crippen molar-refractivity contribution in [1.29, 1.82) is 0 Å². The molecule has 3 aromatic rings. The molecule has 35 heavy (non-hydrogen) atoms. The van der Waals surface area contributed by atoms with Gasteiger partial charge in [-0.15, -0.1) is 0 Å². The van der Waals surface area contributed by atoms with Crippen molar-refractivity contribution in [1.82, 2.24) is 4.90 Å². The van der Waals surface area contributed by atoms with Crippen LogP contribution in [0.15, 0.2) is 78.9 Å². The Morgan fingerprint density at radius 2 is 1.63 bits per heavy atom. The van der Waals surface area contributed by atoms with Gasteiger partial charge in [-0.2, -0.15) is 0 Å². The van der Waals surface area contributed by atoms with Crippen LogP contribution in [0.5, 0.6) is 11.5 Å². The van der Waals surface area contributed by atoms with Crippen LogP contribution in [-0.4, -0.2) is 40.6 Å². The van der Waals surface area contributed by atoms with E-state index in [1.165, 1.54) is 6.07 Å². The Kier molecular flexibility index (Phi) is 7.39. The molecule has 1 fully saturated rings. The molecule has 1 unspecified atom stereocenters. The van der Waals surface area contributed by atoms with Crippen molar-refractivity contribution < 1.29 is 14.6 Å². The minimum atomic E-state index is -0.909. The molecule has 1 aliphatic rings. The quantitative estimate of drug-likeness (QED) is 0.412. The largest absolute Gasteiger partial charge is 0.508 e. The van der Waals surface area contributed by atoms with Crippen molar-refractivity contribution in [3.05, 3.63) is 95.0 Å². The summed E-state index contributed by atoms with van der Waals surface area (Å²) < 4.78 is 6.12. The molecule has 1 aliphatic heterocycles. The second kappa shape index (κ2) is 10.3. The number of carbonyl (C=O) groups is 1. The number of hydrogen-bond acceptors (Lipinski definition) is 4. The zero-order valence-electron chi connectivity index (χ0n) is 20.3. The molecule has 1 amide bonds. The van der Waals surface area contributed by atoms with E-state index in [-0.39, 0.29) is 23.3 Å². The van der Waals surface area contributed by atoms with Crippen LogP contribution in [0.25, 0.3) is 0 Å². The van der Waals surface area contributed by atoms with Gasteiger partial charge in [-0.25, -0.2) is 0 Å². The average Bonchev–Trinajstić information content (AvgIpc) is 3.29. The maximum absolute atomic E-state index is 13.1. The van der Waals surface area contributed by atoms with Gasteiger partial charge in [0.2, 0.25) is 5.91 Å². The topological polar surface area (TPSA) is 75.8 Å². The number of nitrogens with zero attached hydrogens (tertiary/aromatic N) is 1. The minimum absolute atomic E-state index is 0.00344. The van der Waals surface area contributed by atoms with E-state index in [4.69, 9.17) is 22.1 Å². The molecule has 0 radical (unpaired) electrons. The number of rotatable bonds is 9. The predicted molar refractivity (Wildman–Crippen MR) is 140 cm³/mol. The van der Waals surface area contributed by atoms with Gasteiger partial charge >= 0.3 is 0 Å². The van der Waals surface area contributed by atoms with Gasteiger partial charge in [0.15, 0.2) is 0 Å². The first-order valence-corrected chi connectivity index (χ1v) is 12.4. The van der Waals surface area contributed by atoms with E-state index in [9.17, 15) is 9.90 Å². The number of carbonyl (C=O) groups excluding carboxylic acids is 1. The molecule has 0 bridgehead atoms. The number of aromatic hydroxyl groups is 1. The molecule has 0 spiro atoms. The number of amides is 1. The number of halogens is 1. The van der Waals surface area contributed by atoms with Crippen LogP contribution >= 0.6 is 11.6 Å². The fourth-order valence-corrected chi connectivity index (χ4v) is 5.36. The zero-order chi connectivity index (χ0) is 25.1. The lowest BCUT2D eigenvalue weighted by molar-refractivity contribution is -0.122. The summed E-state index contributed by atoms with van der Waals surface area (Å²) in [6, 6.07) is 24.5. The van der Waals surface area contributed by atoms with Crippen molar-refractivity contribution in [2.45, 2.75) is 50.2 Å². The Labute approximate surface area is 212 Å². The molecule has 6 heteroatoms. The summed E-state index contributed by atoms with van der Waals surface area (Å²) in [5.74, 6) is 0.321. The van der Waals surface area contributed by atoms with Gasteiger partial charge in [0.05, 0.1) is 5.41 Å². The lowest BCUT2D eigenvalue weighted by Gasteiger charge is -2.40. The molecule has 4 rings (SSSR count). The maximum atomic E-state index is 13.1. The molecule has 1 heterocycles. The van der Waals surface area contributed by atoms with Crippen LogP contribution in [0.2, 0.25) is 5.02 Å². The van der Waals surface area contributed by atoms with Crippen molar-refractivity contribution in [2.75, 3.05) is 13.1 Å². The number of nitrogens with two attached hydrogens (primary N) is 1. The standard InChI is InChI=1S/C29H33ClN2O3/c1-28(2,32-16-13-25(20-32)35-26-18-23(30)17-24(33)19-26)14-15-29(27(31)34,21-9-5-3-6-10-21)22-11-7-4-8-12-22/h3-12,17-19,25,33H,13-16,20H2,1-2H3,(H2,31,34). The molecular weight excluding hydrogens is 460 g/mol. The van der Waals surface area contributed by atoms with Crippen molar-refractivity contribution in [3.8, 4) is 11.5 Å². The van der Waals surface area contributed by atoms with Gasteiger partial charge in [0.25, 0.3) is 0 Å². The molecule has 5 nitrogen and oxygen atoms in total. The van der Waals surface area contributed by atoms with Gasteiger partial charge in [0, 0.05) is 29.7 Å². The Morgan fingerprint density at radius 3 is 2.17 bits per heavy atom. The van der Waals surface area contributed by atoms with Crippen molar-refractivity contribution in [2.24, 2.45) is 5.73 Å². The van der Waals surface area contributed by atoms with E-state index in [0.29, 0.717) is 17.2 Å². The summed E-state index contributed by atoms with van der Waals surface area (Å²) >= 11 is 6.06. The molecule has 3 N–H and O–H groups in total. The third-order valence-corrected chi connectivity index (χ3v) is 7.44. The Morgan fingerprint density at radius 1 is 1.03 bits per heavy atom. The van der Waals surface area contributed by atoms with E-state index in [1.807, 2.05) is 60.7 Å². The first-order chi connectivity index (χ1) is 16.7. The first-order valence-electron chi connectivity index (χ1n) is 12.0. The summed E-state index contributed by atoms with van der Waals surface area (Å²) in [7, 11) is 0. The highest BCUT2D eigenvalue weighted by Crippen LogP contribution is 2.40. The molecule has 1 saturated heterocycles. The maximum Gasteiger partial charge on any atom is 0.232 e. The summed E-state index contributed by atoms with van der Waals surface area (Å²) in [4.78, 5) is 15.5. The third-order valence-electron chi connectivity index (χ3n) is 7.23. The van der Waals surface area contributed by atoms with Crippen LogP contribution in [0, 0.1) is 0 Å². The Balaban J connectivity index is 1.52. The highest BCUT2D eigenvalue weighted by Gasteiger charge is 2.43. The van der Waals surface area contributed by atoms with Gasteiger partial charge in [-0.3, -0.25) is 9.69 Å². The fourth-order valence-electron chi connectivity index (χ4n) is 5.14. The van der Waals surface area contributed by atoms with Crippen LogP contribution in [0.4, 0.5) is 0 Å². The molecule has 184 valence electrons. The smallest absolute Gasteiger partial charge is 0.232 e. The van der Waals surface area contributed by atoms with Gasteiger partial charge in [0.1, 0.15) is 17.6 Å². The van der Waals surface area contributed by atoms with Crippen molar-refractivity contribution in [3.63, 3.8) is 0 Å². The number of primary amides is 1. The van der Waals surface area contributed by atoms with E-state index >= 15 is 0 Å². The van der Waals surface area contributed by atoms with E-state index in [2.05, 4.69) is 18.7 Å². The number of phenolic OH excluding ortho intramolecular Hbond substituents is 1. The molecule has 1 atom stereocenters. The molecule has 0 aliphatic carbocycles. The normalized spacial score (nSPS) is 16.8. The van der Waals surface area contributed by atoms with Crippen LogP contribution < -0.4 is 10.5 Å². The van der Waals surface area contributed by atoms with Crippen molar-refractivity contribution >= 4 is 17.5 Å². The third kappa shape index (κ3) is 5.47. The van der Waals surface area contributed by atoms with Gasteiger partial charge in [-0.1, -0.05) is 72.3 Å². The Bertz CT molecular complexity index is 1090. The lowest BCUT2D eigenvalue weighted by Crippen LogP contribution is -2.47. The fraction of sp³-hybridized carbons (Fsp3) is 0.345. The second-order valence-corrected chi connectivity index (χ2v) is 10.4. The number of likely N-dealkylation sites (tertiary alicyclic amines) is 1. The molecular formula is C29H33ClN2O3. The summed E-state index contributed by atoms with van der Waals surface area (Å²) in [5, 5.41) is 10.3. The van der Waals surface area contributed by atoms with Gasteiger partial charge in [-0.05, 0) is 56.4 Å². The van der Waals surface area contributed by atoms with Crippen LogP contribution in [0.3, 0.4) is 0 Å². The number of ether oxygens (including phenoxy) is 1. The van der Waals surface area contributed by atoms with Crippen LogP contribution in [0.1, 0.15) is 44.2 Å².